The normalized spacial score (nSPS) is 23.1. The molecule has 5 heteroatoms. The number of allylic oxidation sites excluding steroid dienone is 6. The summed E-state index contributed by atoms with van der Waals surface area (Å²) >= 11 is 12.2. The Morgan fingerprint density at radius 2 is 1.18 bits per heavy atom. The molecule has 1 nitrogen and oxygen atoms in total. The van der Waals surface area contributed by atoms with E-state index in [0.29, 0.717) is 11.1 Å². The smallest absolute Gasteiger partial charge is 0.183 e. The number of fused-ring (bicyclic) bond motifs is 1. The van der Waals surface area contributed by atoms with Gasteiger partial charge in [-0.1, -0.05) is 157 Å². The van der Waals surface area contributed by atoms with Gasteiger partial charge in [-0.05, 0) is 11.1 Å². The van der Waals surface area contributed by atoms with E-state index in [0.717, 1.165) is 0 Å². The number of hydrogen-bond acceptors (Lipinski definition) is 1. The Kier molecular flexibility index (Phi) is 8.94. The van der Waals surface area contributed by atoms with Crippen LogP contribution in [0.15, 0.2) is 127 Å². The first-order valence-electron chi connectivity index (χ1n) is 13.3. The number of carbonyl (C=O) groups excluding carboxylic acids is 1. The lowest BCUT2D eigenvalue weighted by molar-refractivity contribution is -0.132. The molecule has 0 spiro atoms. The molecule has 1 saturated carbocycles. The lowest BCUT2D eigenvalue weighted by atomic mass is 9.73. The van der Waals surface area contributed by atoms with Crippen molar-refractivity contribution in [3.8, 4) is 0 Å². The molecule has 3 aliphatic rings. The van der Waals surface area contributed by atoms with Gasteiger partial charge in [-0.2, -0.15) is 18.2 Å². The predicted molar refractivity (Wildman–Crippen MR) is 170 cm³/mol. The lowest BCUT2D eigenvalue weighted by Crippen LogP contribution is -2.59. The third kappa shape index (κ3) is 5.82. The van der Waals surface area contributed by atoms with Crippen molar-refractivity contribution in [2.24, 2.45) is 11.8 Å². The van der Waals surface area contributed by atoms with E-state index in [1.807, 2.05) is 36.4 Å². The zero-order valence-corrected chi connectivity index (χ0v) is 26.1. The van der Waals surface area contributed by atoms with Crippen LogP contribution in [0.25, 0.3) is 0 Å². The predicted octanol–water partition coefficient (Wildman–Crippen LogP) is 8.03. The summed E-state index contributed by atoms with van der Waals surface area (Å²) in [5, 5.41) is 2.92. The van der Waals surface area contributed by atoms with Crippen LogP contribution in [0.1, 0.15) is 0 Å². The van der Waals surface area contributed by atoms with E-state index in [4.69, 9.17) is 23.2 Å². The first-order chi connectivity index (χ1) is 18.1. The van der Waals surface area contributed by atoms with Crippen molar-refractivity contribution in [3.63, 3.8) is 0 Å². The lowest BCUT2D eigenvalue weighted by Gasteiger charge is -2.46. The molecule has 0 saturated heterocycles. The molecule has 3 aromatic rings. The molecule has 3 aromatic carbocycles. The van der Waals surface area contributed by atoms with Crippen molar-refractivity contribution in [3.05, 3.63) is 127 Å². The molecule has 0 radical (unpaired) electrons. The molecule has 0 amide bonds. The highest BCUT2D eigenvalue weighted by Gasteiger charge is 2.65. The zero-order valence-electron chi connectivity index (χ0n) is 22.6. The third-order valence-electron chi connectivity index (χ3n) is 8.36. The second-order valence-electron chi connectivity index (χ2n) is 11.4. The van der Waals surface area contributed by atoms with Crippen LogP contribution in [-0.4, -0.2) is 26.3 Å². The maximum atomic E-state index is 12.2. The Balaban J connectivity index is 0.000000154. The molecule has 6 rings (SSSR count). The largest absolute Gasteiger partial charge is 0.296 e. The van der Waals surface area contributed by atoms with Gasteiger partial charge in [0.25, 0.3) is 0 Å². The van der Waals surface area contributed by atoms with Gasteiger partial charge in [-0.15, -0.1) is 0 Å². The summed E-state index contributed by atoms with van der Waals surface area (Å²) in [4.78, 5) is 12.2. The third-order valence-corrected chi connectivity index (χ3v) is 17.1. The fourth-order valence-electron chi connectivity index (χ4n) is 5.71. The van der Waals surface area contributed by atoms with Crippen molar-refractivity contribution < 1.29 is 4.79 Å². The molecule has 0 bridgehead atoms. The first-order valence-corrected chi connectivity index (χ1v) is 20.2. The van der Waals surface area contributed by atoms with Gasteiger partial charge in [-0.3, -0.25) is 4.79 Å². The number of carbonyl (C=O) groups is 1. The number of benzene rings is 2. The fourth-order valence-corrected chi connectivity index (χ4v) is 12.3. The van der Waals surface area contributed by atoms with Crippen molar-refractivity contribution in [2.75, 3.05) is 0 Å². The van der Waals surface area contributed by atoms with Crippen LogP contribution >= 0.6 is 23.2 Å². The quantitative estimate of drug-likeness (QED) is 0.133. The Morgan fingerprint density at radius 1 is 0.684 bits per heavy atom. The average molecular weight is 577 g/mol. The highest BCUT2D eigenvalue weighted by Crippen LogP contribution is 2.59. The fraction of sp³-hybridized carbons (Fsp3) is 0.273. The Bertz CT molecular complexity index is 1250. The molecule has 198 valence electrons. The minimum atomic E-state index is -1.73. The zero-order chi connectivity index (χ0) is 27.4. The molecule has 1 fully saturated rings. The highest BCUT2D eigenvalue weighted by molar-refractivity contribution is 6.92. The molecule has 0 N–H and O–H groups in total. The van der Waals surface area contributed by atoms with Crippen LogP contribution in [0.4, 0.5) is 0 Å². The molecule has 0 aliphatic heterocycles. The van der Waals surface area contributed by atoms with Gasteiger partial charge in [-0.25, -0.2) is 12.1 Å². The molecule has 3 atom stereocenters. The number of hydrogen-bond donors (Lipinski definition) is 0. The second kappa shape index (κ2) is 11.8. The van der Waals surface area contributed by atoms with E-state index >= 15 is 0 Å². The Labute approximate surface area is 240 Å². The molecular formula is C33H37Cl2OSi2-. The number of alkyl halides is 2. The Hall–Kier alpha value is -2.31. The van der Waals surface area contributed by atoms with Gasteiger partial charge in [0.05, 0.1) is 16.1 Å². The summed E-state index contributed by atoms with van der Waals surface area (Å²) in [6.07, 6.45) is 13.2. The minimum absolute atomic E-state index is 0.00290. The standard InChI is InChI=1S/C15H16Cl2OSi.C13H16Si.C5H5/c1-19(2,10-6-4-3-5-7-10)12-9-8-11-13(12)14(18)15(11,16)17;1-14(2,13-10-6-7-11-13)12-8-4-3-5-9-12;1-2-4-5-3-1/h3-9,11-13H,1-2H3;3-11,13H,1-2H3;1-5H/q;;-1/t11-,12-,13-;;/m0../s1. The molecule has 3 aliphatic carbocycles. The van der Waals surface area contributed by atoms with E-state index in [1.165, 1.54) is 5.19 Å². The van der Waals surface area contributed by atoms with Crippen LogP contribution in [0, 0.1) is 11.8 Å². The number of Topliss-reactive ketones (excluding diaryl/α,β-unsaturated/α-hetero) is 1. The number of halogens is 2. The maximum Gasteiger partial charge on any atom is 0.183 e. The summed E-state index contributed by atoms with van der Waals surface area (Å²) in [5.74, 6) is 0.00744. The molecule has 0 heterocycles. The van der Waals surface area contributed by atoms with Gasteiger partial charge < -0.3 is 0 Å². The van der Waals surface area contributed by atoms with E-state index in [1.54, 1.807) is 5.19 Å². The summed E-state index contributed by atoms with van der Waals surface area (Å²) in [5.41, 5.74) is 0.975. The van der Waals surface area contributed by atoms with Crippen LogP contribution < -0.4 is 10.4 Å². The molecule has 0 unspecified atom stereocenters. The van der Waals surface area contributed by atoms with Crippen molar-refractivity contribution >= 4 is 55.5 Å². The van der Waals surface area contributed by atoms with E-state index < -0.39 is 20.5 Å². The van der Waals surface area contributed by atoms with E-state index in [-0.39, 0.29) is 17.6 Å². The molecular weight excluding hydrogens is 539 g/mol. The summed E-state index contributed by atoms with van der Waals surface area (Å²) in [7, 11) is -3.05. The van der Waals surface area contributed by atoms with Gasteiger partial charge in [0.15, 0.2) is 10.1 Å². The monoisotopic (exact) mass is 575 g/mol. The molecule has 38 heavy (non-hydrogen) atoms. The average Bonchev–Trinajstić information content (AvgIpc) is 3.73. The van der Waals surface area contributed by atoms with Gasteiger partial charge in [0, 0.05) is 11.8 Å². The van der Waals surface area contributed by atoms with Crippen LogP contribution in [0.3, 0.4) is 0 Å². The first kappa shape index (κ1) is 28.7. The minimum Gasteiger partial charge on any atom is -0.296 e. The van der Waals surface area contributed by atoms with Crippen LogP contribution in [0.2, 0.25) is 37.3 Å². The van der Waals surface area contributed by atoms with Crippen molar-refractivity contribution in [1.29, 1.82) is 0 Å². The van der Waals surface area contributed by atoms with Crippen LogP contribution in [0.5, 0.6) is 0 Å². The second-order valence-corrected chi connectivity index (χ2v) is 22.1. The van der Waals surface area contributed by atoms with Gasteiger partial charge >= 0.3 is 0 Å². The topological polar surface area (TPSA) is 17.1 Å². The van der Waals surface area contributed by atoms with Crippen molar-refractivity contribution in [1.82, 2.24) is 0 Å². The highest BCUT2D eigenvalue weighted by atomic mass is 35.5. The summed E-state index contributed by atoms with van der Waals surface area (Å²) < 4.78 is -1.18. The maximum absolute atomic E-state index is 12.2. The Morgan fingerprint density at radius 3 is 1.66 bits per heavy atom. The SMILES string of the molecule is C[Si](C)(c1ccccc1)C1C=CC=C1.C[Si](C)(c1ccccc1)[C@H]1C=C[C@H]2[C@@H]1C(=O)C2(Cl)Cl.c1cc[cH-]c1. The molecule has 0 aromatic heterocycles. The van der Waals surface area contributed by atoms with E-state index in [2.05, 4.69) is 117 Å². The number of rotatable bonds is 4. The summed E-state index contributed by atoms with van der Waals surface area (Å²) in [6.45, 7) is 9.50. The van der Waals surface area contributed by atoms with Gasteiger partial charge in [0.1, 0.15) is 0 Å². The summed E-state index contributed by atoms with van der Waals surface area (Å²) in [6, 6.07) is 31.4. The number of ketones is 1. The van der Waals surface area contributed by atoms with Crippen molar-refractivity contribution in [2.45, 2.75) is 41.6 Å². The van der Waals surface area contributed by atoms with Crippen LogP contribution in [-0.2, 0) is 4.79 Å². The van der Waals surface area contributed by atoms with E-state index in [9.17, 15) is 4.79 Å². The van der Waals surface area contributed by atoms with Gasteiger partial charge in [0.2, 0.25) is 0 Å².